The van der Waals surface area contributed by atoms with Crippen LogP contribution < -0.4 is 10.6 Å². The van der Waals surface area contributed by atoms with Crippen molar-refractivity contribution in [2.24, 2.45) is 0 Å². The van der Waals surface area contributed by atoms with Gasteiger partial charge in [0.1, 0.15) is 0 Å². The number of ether oxygens (including phenoxy) is 1. The summed E-state index contributed by atoms with van der Waals surface area (Å²) < 4.78 is 5.06. The van der Waals surface area contributed by atoms with Gasteiger partial charge in [0, 0.05) is 56.0 Å². The summed E-state index contributed by atoms with van der Waals surface area (Å²) in [5, 5.41) is 0. The van der Waals surface area contributed by atoms with Gasteiger partial charge in [-0.3, -0.25) is 9.78 Å². The number of nitrogen functional groups attached to an aromatic ring is 1. The van der Waals surface area contributed by atoms with Crippen LogP contribution in [-0.4, -0.2) is 60.2 Å². The molecule has 7 nitrogen and oxygen atoms in total. The van der Waals surface area contributed by atoms with Crippen LogP contribution in [0.2, 0.25) is 0 Å². The molecule has 1 aliphatic carbocycles. The lowest BCUT2D eigenvalue weighted by atomic mass is 9.99. The van der Waals surface area contributed by atoms with E-state index in [-0.39, 0.29) is 11.9 Å². The number of piperazine rings is 1. The monoisotopic (exact) mass is 421 g/mol. The predicted molar refractivity (Wildman–Crippen MR) is 124 cm³/mol. The molecule has 0 spiro atoms. The zero-order chi connectivity index (χ0) is 22.0. The SMILES string of the molecule is C=Cc1ncccc1-c1cc(N)c(N2CCN(C(=O)CCOC)[C@H](C)C2)nc1C1CC1. The first-order valence-electron chi connectivity index (χ1n) is 10.9. The molecule has 164 valence electrons. The molecule has 1 aliphatic heterocycles. The fourth-order valence-electron chi connectivity index (χ4n) is 4.33. The topological polar surface area (TPSA) is 84.6 Å². The van der Waals surface area contributed by atoms with Crippen LogP contribution in [0, 0.1) is 0 Å². The van der Waals surface area contributed by atoms with E-state index in [1.54, 1.807) is 19.4 Å². The molecule has 2 fully saturated rings. The Hall–Kier alpha value is -2.93. The molecule has 1 atom stereocenters. The summed E-state index contributed by atoms with van der Waals surface area (Å²) in [6, 6.07) is 6.12. The molecule has 0 radical (unpaired) electrons. The van der Waals surface area contributed by atoms with Gasteiger partial charge in [-0.2, -0.15) is 0 Å². The molecular formula is C24H31N5O2. The molecule has 4 rings (SSSR count). The van der Waals surface area contributed by atoms with E-state index in [0.717, 1.165) is 41.2 Å². The number of aromatic nitrogens is 2. The molecule has 0 aromatic carbocycles. The van der Waals surface area contributed by atoms with Crippen molar-refractivity contribution in [2.75, 3.05) is 44.0 Å². The molecule has 31 heavy (non-hydrogen) atoms. The van der Waals surface area contributed by atoms with Crippen LogP contribution in [0.3, 0.4) is 0 Å². The van der Waals surface area contributed by atoms with E-state index >= 15 is 0 Å². The van der Waals surface area contributed by atoms with Crippen LogP contribution in [0.15, 0.2) is 31.0 Å². The number of pyridine rings is 2. The fourth-order valence-corrected chi connectivity index (χ4v) is 4.33. The summed E-state index contributed by atoms with van der Waals surface area (Å²) in [5.41, 5.74) is 11.2. The van der Waals surface area contributed by atoms with E-state index in [9.17, 15) is 4.79 Å². The lowest BCUT2D eigenvalue weighted by molar-refractivity contribution is -0.134. The number of hydrogen-bond acceptors (Lipinski definition) is 6. The number of nitrogens with two attached hydrogens (primary N) is 1. The second-order valence-corrected chi connectivity index (χ2v) is 8.37. The van der Waals surface area contributed by atoms with E-state index in [2.05, 4.69) is 29.5 Å². The summed E-state index contributed by atoms with van der Waals surface area (Å²) in [5.74, 6) is 1.42. The lowest BCUT2D eigenvalue weighted by Crippen LogP contribution is -2.54. The third-order valence-corrected chi connectivity index (χ3v) is 6.11. The van der Waals surface area contributed by atoms with Gasteiger partial charge in [0.05, 0.1) is 30.1 Å². The molecule has 0 bridgehead atoms. The molecule has 1 saturated heterocycles. The predicted octanol–water partition coefficient (Wildman–Crippen LogP) is 3.32. The third-order valence-electron chi connectivity index (χ3n) is 6.11. The number of rotatable bonds is 7. The fraction of sp³-hybridized carbons (Fsp3) is 0.458. The Bertz CT molecular complexity index is 972. The standard InChI is InChI=1S/C24H31N5O2/c1-4-21-18(6-5-10-26-21)19-14-20(25)24(27-23(19)17-7-8-17)28-11-12-29(16(2)15-28)22(30)9-13-31-3/h4-6,10,14,16-17H,1,7-9,11-13,15,25H2,2-3H3/t16-/m1/s1. The van der Waals surface area contributed by atoms with Crippen molar-refractivity contribution < 1.29 is 9.53 Å². The van der Waals surface area contributed by atoms with Crippen molar-refractivity contribution in [3.05, 3.63) is 42.4 Å². The van der Waals surface area contributed by atoms with Gasteiger partial charge >= 0.3 is 0 Å². The molecule has 0 unspecified atom stereocenters. The van der Waals surface area contributed by atoms with Gasteiger partial charge in [0.2, 0.25) is 5.91 Å². The maximum atomic E-state index is 12.5. The second kappa shape index (κ2) is 9.06. The van der Waals surface area contributed by atoms with Crippen LogP contribution in [0.25, 0.3) is 17.2 Å². The Morgan fingerprint density at radius 3 is 2.84 bits per heavy atom. The summed E-state index contributed by atoms with van der Waals surface area (Å²) in [7, 11) is 1.62. The average Bonchev–Trinajstić information content (AvgIpc) is 3.62. The molecule has 2 N–H and O–H groups in total. The van der Waals surface area contributed by atoms with Crippen molar-refractivity contribution in [3.8, 4) is 11.1 Å². The van der Waals surface area contributed by atoms with Gasteiger partial charge in [-0.25, -0.2) is 4.98 Å². The Labute approximate surface area is 183 Å². The zero-order valence-corrected chi connectivity index (χ0v) is 18.4. The van der Waals surface area contributed by atoms with Gasteiger partial charge in [-0.15, -0.1) is 0 Å². The molecule has 3 heterocycles. The first-order valence-corrected chi connectivity index (χ1v) is 10.9. The van der Waals surface area contributed by atoms with Gasteiger partial charge in [0.25, 0.3) is 0 Å². The van der Waals surface area contributed by atoms with Crippen LogP contribution in [0.4, 0.5) is 11.5 Å². The minimum Gasteiger partial charge on any atom is -0.396 e. The summed E-state index contributed by atoms with van der Waals surface area (Å²) >= 11 is 0. The second-order valence-electron chi connectivity index (χ2n) is 8.37. The Kier molecular flexibility index (Phi) is 6.23. The number of hydrogen-bond donors (Lipinski definition) is 1. The van der Waals surface area contributed by atoms with Crippen LogP contribution in [0.1, 0.15) is 43.5 Å². The summed E-state index contributed by atoms with van der Waals surface area (Å²) in [6.45, 7) is 8.53. The molecule has 2 aliphatic rings. The van der Waals surface area contributed by atoms with Crippen LogP contribution >= 0.6 is 0 Å². The number of amides is 1. The van der Waals surface area contributed by atoms with Crippen molar-refractivity contribution in [1.82, 2.24) is 14.9 Å². The van der Waals surface area contributed by atoms with Gasteiger partial charge < -0.3 is 20.3 Å². The maximum absolute atomic E-state index is 12.5. The van der Waals surface area contributed by atoms with E-state index < -0.39 is 0 Å². The van der Waals surface area contributed by atoms with E-state index in [1.807, 2.05) is 17.0 Å². The van der Waals surface area contributed by atoms with Crippen molar-refractivity contribution in [1.29, 1.82) is 0 Å². The molecule has 1 saturated carbocycles. The maximum Gasteiger partial charge on any atom is 0.225 e. The summed E-state index contributed by atoms with van der Waals surface area (Å²) in [6.07, 6.45) is 6.25. The first kappa shape index (κ1) is 21.3. The zero-order valence-electron chi connectivity index (χ0n) is 18.4. The highest BCUT2D eigenvalue weighted by Gasteiger charge is 2.33. The highest BCUT2D eigenvalue weighted by Crippen LogP contribution is 2.46. The Balaban J connectivity index is 1.61. The molecule has 1 amide bonds. The summed E-state index contributed by atoms with van der Waals surface area (Å²) in [4.78, 5) is 26.1. The van der Waals surface area contributed by atoms with E-state index in [0.29, 0.717) is 44.3 Å². The first-order chi connectivity index (χ1) is 15.0. The molecule has 2 aromatic heterocycles. The normalized spacial score (nSPS) is 18.8. The molecule has 2 aromatic rings. The number of methoxy groups -OCH3 is 1. The lowest BCUT2D eigenvalue weighted by Gasteiger charge is -2.41. The highest BCUT2D eigenvalue weighted by atomic mass is 16.5. The van der Waals surface area contributed by atoms with Crippen LogP contribution in [0.5, 0.6) is 0 Å². The molecular weight excluding hydrogens is 390 g/mol. The largest absolute Gasteiger partial charge is 0.396 e. The number of anilines is 2. The van der Waals surface area contributed by atoms with Gasteiger partial charge in [-0.05, 0) is 38.0 Å². The van der Waals surface area contributed by atoms with Gasteiger partial charge in [0.15, 0.2) is 5.82 Å². The minimum absolute atomic E-state index is 0.0917. The Morgan fingerprint density at radius 1 is 1.35 bits per heavy atom. The van der Waals surface area contributed by atoms with Crippen molar-refractivity contribution in [2.45, 2.75) is 38.1 Å². The number of nitrogens with zero attached hydrogens (tertiary/aromatic N) is 4. The quantitative estimate of drug-likeness (QED) is 0.738. The van der Waals surface area contributed by atoms with E-state index in [4.69, 9.17) is 15.5 Å². The van der Waals surface area contributed by atoms with E-state index in [1.165, 1.54) is 0 Å². The minimum atomic E-state index is 0.0917. The number of carbonyl (C=O) groups is 1. The highest BCUT2D eigenvalue weighted by molar-refractivity contribution is 5.81. The Morgan fingerprint density at radius 2 is 2.16 bits per heavy atom. The smallest absolute Gasteiger partial charge is 0.225 e. The van der Waals surface area contributed by atoms with Crippen LogP contribution in [-0.2, 0) is 9.53 Å². The van der Waals surface area contributed by atoms with Crippen molar-refractivity contribution in [3.63, 3.8) is 0 Å². The average molecular weight is 422 g/mol. The number of carbonyl (C=O) groups excluding carboxylic acids is 1. The van der Waals surface area contributed by atoms with Crippen molar-refractivity contribution >= 4 is 23.5 Å². The molecule has 7 heteroatoms. The third kappa shape index (κ3) is 4.42. The van der Waals surface area contributed by atoms with Gasteiger partial charge in [-0.1, -0.05) is 12.6 Å².